The lowest BCUT2D eigenvalue weighted by Crippen LogP contribution is -2.05. The van der Waals surface area contributed by atoms with Crippen LogP contribution in [0.25, 0.3) is 16.3 Å². The molecule has 1 aliphatic rings. The summed E-state index contributed by atoms with van der Waals surface area (Å²) in [5.74, 6) is 1.91. The Kier molecular flexibility index (Phi) is 8.45. The Hall–Kier alpha value is -1.76. The van der Waals surface area contributed by atoms with E-state index in [4.69, 9.17) is 4.74 Å². The molecule has 0 spiro atoms. The molecule has 1 heteroatoms. The lowest BCUT2D eigenvalue weighted by molar-refractivity contribution is 0.305. The summed E-state index contributed by atoms with van der Waals surface area (Å²) >= 11 is 0. The molecular weight excluding hydrogens is 340 g/mol. The molecule has 0 bridgehead atoms. The predicted octanol–water partition coefficient (Wildman–Crippen LogP) is 8.56. The van der Waals surface area contributed by atoms with Gasteiger partial charge < -0.3 is 4.74 Å². The largest absolute Gasteiger partial charge is 0.494 e. The Morgan fingerprint density at radius 3 is 2.43 bits per heavy atom. The van der Waals surface area contributed by atoms with E-state index in [0.29, 0.717) is 0 Å². The second-order valence-electron chi connectivity index (χ2n) is 8.50. The number of hydrogen-bond acceptors (Lipinski definition) is 1. The minimum Gasteiger partial charge on any atom is -0.494 e. The molecule has 1 nitrogen and oxygen atoms in total. The Labute approximate surface area is 172 Å². The predicted molar refractivity (Wildman–Crippen MR) is 123 cm³/mol. The highest BCUT2D eigenvalue weighted by Gasteiger charge is 2.14. The van der Waals surface area contributed by atoms with E-state index < -0.39 is 0 Å². The summed E-state index contributed by atoms with van der Waals surface area (Å²) < 4.78 is 5.99. The standard InChI is InChI=1S/C27H38O/c1-3-5-6-7-8-9-19-28-27-18-17-25-20-24(15-16-26(25)21-27)23-13-11-22(10-4-2)12-14-23/h13,15-18,20-22H,3-12,14,19H2,1-2H3. The third-order valence-corrected chi connectivity index (χ3v) is 6.17. The van der Waals surface area contributed by atoms with Gasteiger partial charge in [-0.1, -0.05) is 83.1 Å². The summed E-state index contributed by atoms with van der Waals surface area (Å²) in [6.45, 7) is 5.40. The van der Waals surface area contributed by atoms with E-state index in [9.17, 15) is 0 Å². The van der Waals surface area contributed by atoms with Gasteiger partial charge in [-0.3, -0.25) is 0 Å². The van der Waals surface area contributed by atoms with E-state index in [1.165, 1.54) is 86.1 Å². The smallest absolute Gasteiger partial charge is 0.119 e. The molecule has 152 valence electrons. The normalized spacial score (nSPS) is 16.9. The Bertz CT molecular complexity index is 758. The number of allylic oxidation sites excluding steroid dienone is 2. The van der Waals surface area contributed by atoms with Gasteiger partial charge in [0, 0.05) is 0 Å². The first-order chi connectivity index (χ1) is 13.8. The van der Waals surface area contributed by atoms with Gasteiger partial charge in [0.25, 0.3) is 0 Å². The van der Waals surface area contributed by atoms with E-state index in [2.05, 4.69) is 56.3 Å². The van der Waals surface area contributed by atoms with Crippen molar-refractivity contribution < 1.29 is 4.74 Å². The fourth-order valence-corrected chi connectivity index (χ4v) is 4.41. The summed E-state index contributed by atoms with van der Waals surface area (Å²) in [5.41, 5.74) is 2.95. The maximum Gasteiger partial charge on any atom is 0.119 e. The minimum absolute atomic E-state index is 0.835. The lowest BCUT2D eigenvalue weighted by Gasteiger charge is -2.21. The zero-order valence-corrected chi connectivity index (χ0v) is 18.0. The van der Waals surface area contributed by atoms with Gasteiger partial charge in [0.05, 0.1) is 6.61 Å². The first-order valence-corrected chi connectivity index (χ1v) is 11.7. The molecule has 28 heavy (non-hydrogen) atoms. The molecule has 0 fully saturated rings. The van der Waals surface area contributed by atoms with Crippen molar-refractivity contribution in [2.45, 2.75) is 84.5 Å². The summed E-state index contributed by atoms with van der Waals surface area (Å²) in [6.07, 6.45) is 16.8. The van der Waals surface area contributed by atoms with E-state index in [1.54, 1.807) is 0 Å². The molecule has 0 aromatic heterocycles. The monoisotopic (exact) mass is 378 g/mol. The van der Waals surface area contributed by atoms with E-state index >= 15 is 0 Å². The molecule has 0 N–H and O–H groups in total. The van der Waals surface area contributed by atoms with Gasteiger partial charge in [-0.2, -0.15) is 0 Å². The summed E-state index contributed by atoms with van der Waals surface area (Å²) in [5, 5.41) is 2.60. The van der Waals surface area contributed by atoms with E-state index in [0.717, 1.165) is 24.7 Å². The molecule has 0 saturated heterocycles. The molecule has 0 radical (unpaired) electrons. The molecule has 2 aromatic rings. The molecule has 0 saturated carbocycles. The van der Waals surface area contributed by atoms with Gasteiger partial charge in [0.1, 0.15) is 5.75 Å². The zero-order valence-electron chi connectivity index (χ0n) is 18.0. The number of hydrogen-bond donors (Lipinski definition) is 0. The van der Waals surface area contributed by atoms with Crippen LogP contribution in [-0.2, 0) is 0 Å². The average Bonchev–Trinajstić information content (AvgIpc) is 2.73. The zero-order chi connectivity index (χ0) is 19.6. The topological polar surface area (TPSA) is 9.23 Å². The van der Waals surface area contributed by atoms with Gasteiger partial charge in [0.15, 0.2) is 0 Å². The minimum atomic E-state index is 0.835. The van der Waals surface area contributed by atoms with Crippen molar-refractivity contribution in [3.63, 3.8) is 0 Å². The highest BCUT2D eigenvalue weighted by atomic mass is 16.5. The molecule has 0 heterocycles. The number of unbranched alkanes of at least 4 members (excludes halogenated alkanes) is 5. The quantitative estimate of drug-likeness (QED) is 0.356. The lowest BCUT2D eigenvalue weighted by atomic mass is 9.84. The van der Waals surface area contributed by atoms with Crippen LogP contribution >= 0.6 is 0 Å². The van der Waals surface area contributed by atoms with Crippen LogP contribution in [0, 0.1) is 5.92 Å². The molecule has 2 aromatic carbocycles. The molecule has 1 aliphatic carbocycles. The number of fused-ring (bicyclic) bond motifs is 1. The van der Waals surface area contributed by atoms with Crippen LogP contribution < -0.4 is 4.74 Å². The summed E-state index contributed by atoms with van der Waals surface area (Å²) in [7, 11) is 0. The van der Waals surface area contributed by atoms with Crippen LogP contribution in [0.15, 0.2) is 42.5 Å². The maximum atomic E-state index is 5.99. The highest BCUT2D eigenvalue weighted by Crippen LogP contribution is 2.34. The summed E-state index contributed by atoms with van der Waals surface area (Å²) in [6, 6.07) is 13.5. The van der Waals surface area contributed by atoms with Gasteiger partial charge in [-0.15, -0.1) is 0 Å². The van der Waals surface area contributed by atoms with E-state index in [-0.39, 0.29) is 0 Å². The molecule has 1 atom stereocenters. The van der Waals surface area contributed by atoms with Crippen LogP contribution in [0.3, 0.4) is 0 Å². The molecule has 0 amide bonds. The van der Waals surface area contributed by atoms with Crippen LogP contribution in [0.2, 0.25) is 0 Å². The van der Waals surface area contributed by atoms with Gasteiger partial charge >= 0.3 is 0 Å². The Morgan fingerprint density at radius 2 is 1.64 bits per heavy atom. The van der Waals surface area contributed by atoms with Crippen molar-refractivity contribution in [2.24, 2.45) is 5.92 Å². The first kappa shape index (κ1) is 21.0. The van der Waals surface area contributed by atoms with Crippen molar-refractivity contribution >= 4 is 16.3 Å². The fourth-order valence-electron chi connectivity index (χ4n) is 4.41. The third-order valence-electron chi connectivity index (χ3n) is 6.17. The Morgan fingerprint density at radius 1 is 0.857 bits per heavy atom. The van der Waals surface area contributed by atoms with Gasteiger partial charge in [0.2, 0.25) is 0 Å². The van der Waals surface area contributed by atoms with Crippen LogP contribution in [0.1, 0.15) is 90.0 Å². The molecular formula is C27H38O. The molecule has 0 aliphatic heterocycles. The first-order valence-electron chi connectivity index (χ1n) is 11.7. The van der Waals surface area contributed by atoms with Crippen LogP contribution in [0.5, 0.6) is 5.75 Å². The van der Waals surface area contributed by atoms with Gasteiger partial charge in [-0.05, 0) is 71.7 Å². The van der Waals surface area contributed by atoms with Gasteiger partial charge in [-0.25, -0.2) is 0 Å². The molecule has 3 rings (SSSR count). The van der Waals surface area contributed by atoms with Crippen molar-refractivity contribution in [1.82, 2.24) is 0 Å². The van der Waals surface area contributed by atoms with Crippen molar-refractivity contribution in [3.8, 4) is 5.75 Å². The van der Waals surface area contributed by atoms with Crippen molar-refractivity contribution in [1.29, 1.82) is 0 Å². The van der Waals surface area contributed by atoms with E-state index in [1.807, 2.05) is 0 Å². The fraction of sp³-hybridized carbons (Fsp3) is 0.556. The number of rotatable bonds is 11. The summed E-state index contributed by atoms with van der Waals surface area (Å²) in [4.78, 5) is 0. The Balaban J connectivity index is 1.54. The van der Waals surface area contributed by atoms with Crippen LogP contribution in [-0.4, -0.2) is 6.61 Å². The van der Waals surface area contributed by atoms with Crippen molar-refractivity contribution in [2.75, 3.05) is 6.61 Å². The third kappa shape index (κ3) is 6.12. The van der Waals surface area contributed by atoms with Crippen LogP contribution in [0.4, 0.5) is 0 Å². The molecule has 1 unspecified atom stereocenters. The number of ether oxygens (including phenoxy) is 1. The average molecular weight is 379 g/mol. The maximum absolute atomic E-state index is 5.99. The number of benzene rings is 2. The highest BCUT2D eigenvalue weighted by molar-refractivity contribution is 5.87. The van der Waals surface area contributed by atoms with Crippen molar-refractivity contribution in [3.05, 3.63) is 48.0 Å². The second-order valence-corrected chi connectivity index (χ2v) is 8.50. The second kappa shape index (κ2) is 11.3. The SMILES string of the molecule is CCCCCCCCOc1ccc2cc(C3=CCC(CCC)CC3)ccc2c1.